The SMILES string of the molecule is Cc1onc(C(=O)N2CC(F)(F)C[C@H]2c2nncn2CC2CC2)c1COc1ccccc1. The number of hydrogen-bond donors (Lipinski definition) is 0. The van der Waals surface area contributed by atoms with Crippen molar-refractivity contribution < 1.29 is 22.8 Å². The molecule has 3 aromatic rings. The van der Waals surface area contributed by atoms with E-state index in [-0.39, 0.29) is 12.3 Å². The molecule has 2 aromatic heterocycles. The third-order valence-corrected chi connectivity index (χ3v) is 5.94. The molecule has 2 fully saturated rings. The summed E-state index contributed by atoms with van der Waals surface area (Å²) in [6, 6.07) is 8.20. The van der Waals surface area contributed by atoms with Crippen LogP contribution in [0.25, 0.3) is 0 Å². The Hall–Kier alpha value is -3.30. The lowest BCUT2D eigenvalue weighted by molar-refractivity contribution is 0.0116. The normalized spacial score (nSPS) is 20.0. The quantitative estimate of drug-likeness (QED) is 0.552. The monoisotopic (exact) mass is 443 g/mol. The van der Waals surface area contributed by atoms with Gasteiger partial charge in [-0.2, -0.15) is 0 Å². The van der Waals surface area contributed by atoms with Crippen LogP contribution in [0, 0.1) is 12.8 Å². The molecule has 0 N–H and O–H groups in total. The molecule has 1 amide bonds. The number of hydrogen-bond acceptors (Lipinski definition) is 6. The van der Waals surface area contributed by atoms with Gasteiger partial charge in [0.15, 0.2) is 11.5 Å². The predicted octanol–water partition coefficient (Wildman–Crippen LogP) is 3.79. The summed E-state index contributed by atoms with van der Waals surface area (Å²) in [4.78, 5) is 14.5. The van der Waals surface area contributed by atoms with Gasteiger partial charge in [-0.3, -0.25) is 4.79 Å². The second-order valence-electron chi connectivity index (χ2n) is 8.46. The van der Waals surface area contributed by atoms with Crippen molar-refractivity contribution in [1.82, 2.24) is 24.8 Å². The molecular formula is C22H23F2N5O3. The maximum atomic E-state index is 14.5. The number of aromatic nitrogens is 4. The molecule has 0 bridgehead atoms. The molecule has 168 valence electrons. The fourth-order valence-electron chi connectivity index (χ4n) is 4.04. The van der Waals surface area contributed by atoms with E-state index >= 15 is 0 Å². The van der Waals surface area contributed by atoms with Crippen LogP contribution in [0.2, 0.25) is 0 Å². The minimum atomic E-state index is -3.03. The van der Waals surface area contributed by atoms with E-state index in [1.807, 2.05) is 18.2 Å². The van der Waals surface area contributed by atoms with Crippen molar-refractivity contribution in [1.29, 1.82) is 0 Å². The first-order valence-corrected chi connectivity index (χ1v) is 10.6. The molecule has 0 radical (unpaired) electrons. The van der Waals surface area contributed by atoms with Crippen molar-refractivity contribution in [2.24, 2.45) is 5.92 Å². The van der Waals surface area contributed by atoms with Gasteiger partial charge in [0.1, 0.15) is 24.4 Å². The predicted molar refractivity (Wildman–Crippen MR) is 108 cm³/mol. The van der Waals surface area contributed by atoms with Crippen LogP contribution in [0.15, 0.2) is 41.2 Å². The number of alkyl halides is 2. The third kappa shape index (κ3) is 4.09. The Morgan fingerprint density at radius 1 is 1.28 bits per heavy atom. The lowest BCUT2D eigenvalue weighted by Gasteiger charge is -2.23. The Kier molecular flexibility index (Phi) is 5.15. The zero-order valence-electron chi connectivity index (χ0n) is 17.6. The standard InChI is InChI=1S/C22H23F2N5O3/c1-14-17(11-31-16-5-3-2-4-6-16)19(27-32-14)21(30)29-12-22(23,24)9-18(29)20-26-25-13-28(20)10-15-7-8-15/h2-6,13,15,18H,7-12H2,1H3/t18-/m0/s1. The van der Waals surface area contributed by atoms with E-state index in [2.05, 4.69) is 15.4 Å². The molecule has 1 atom stereocenters. The lowest BCUT2D eigenvalue weighted by atomic mass is 10.1. The van der Waals surface area contributed by atoms with Crippen LogP contribution in [0.3, 0.4) is 0 Å². The second kappa shape index (κ2) is 7.99. The number of carbonyl (C=O) groups is 1. The van der Waals surface area contributed by atoms with Gasteiger partial charge in [0.05, 0.1) is 18.2 Å². The summed E-state index contributed by atoms with van der Waals surface area (Å²) in [7, 11) is 0. The molecule has 1 saturated carbocycles. The molecular weight excluding hydrogens is 420 g/mol. The summed E-state index contributed by atoms with van der Waals surface area (Å²) < 4.78 is 41.7. The van der Waals surface area contributed by atoms with E-state index in [4.69, 9.17) is 9.26 Å². The van der Waals surface area contributed by atoms with E-state index in [0.717, 1.165) is 17.7 Å². The van der Waals surface area contributed by atoms with Gasteiger partial charge >= 0.3 is 0 Å². The van der Waals surface area contributed by atoms with Crippen LogP contribution >= 0.6 is 0 Å². The van der Waals surface area contributed by atoms with Crippen molar-refractivity contribution in [3.8, 4) is 5.75 Å². The Bertz CT molecular complexity index is 1110. The van der Waals surface area contributed by atoms with Gasteiger partial charge < -0.3 is 18.7 Å². The second-order valence-corrected chi connectivity index (χ2v) is 8.46. The molecule has 1 saturated heterocycles. The van der Waals surface area contributed by atoms with Crippen LogP contribution in [0.1, 0.15) is 52.9 Å². The summed E-state index contributed by atoms with van der Waals surface area (Å²) >= 11 is 0. The van der Waals surface area contributed by atoms with Crippen molar-refractivity contribution in [3.05, 3.63) is 59.5 Å². The Morgan fingerprint density at radius 3 is 2.81 bits per heavy atom. The van der Waals surface area contributed by atoms with Gasteiger partial charge in [-0.05, 0) is 37.8 Å². The number of benzene rings is 1. The summed E-state index contributed by atoms with van der Waals surface area (Å²) in [5, 5.41) is 11.9. The largest absolute Gasteiger partial charge is 0.489 e. The van der Waals surface area contributed by atoms with Gasteiger partial charge in [0.2, 0.25) is 0 Å². The third-order valence-electron chi connectivity index (χ3n) is 5.94. The number of rotatable bonds is 7. The summed E-state index contributed by atoms with van der Waals surface area (Å²) in [5.74, 6) is -1.75. The number of carbonyl (C=O) groups excluding carboxylic acids is 1. The zero-order valence-corrected chi connectivity index (χ0v) is 17.6. The number of para-hydroxylation sites is 1. The lowest BCUT2D eigenvalue weighted by Crippen LogP contribution is -2.35. The van der Waals surface area contributed by atoms with E-state index in [0.29, 0.717) is 35.4 Å². The minimum Gasteiger partial charge on any atom is -0.489 e. The molecule has 1 aliphatic carbocycles. The van der Waals surface area contributed by atoms with E-state index < -0.39 is 30.8 Å². The first kappa shape index (κ1) is 20.6. The van der Waals surface area contributed by atoms with Crippen LogP contribution in [0.4, 0.5) is 8.78 Å². The highest BCUT2D eigenvalue weighted by atomic mass is 19.3. The van der Waals surface area contributed by atoms with Crippen LogP contribution in [0.5, 0.6) is 5.75 Å². The highest BCUT2D eigenvalue weighted by Gasteiger charge is 2.50. The maximum Gasteiger partial charge on any atom is 0.277 e. The Balaban J connectivity index is 1.41. The fraction of sp³-hybridized carbons (Fsp3) is 0.455. The first-order chi connectivity index (χ1) is 15.4. The van der Waals surface area contributed by atoms with Gasteiger partial charge in [-0.25, -0.2) is 8.78 Å². The molecule has 0 spiro atoms. The van der Waals surface area contributed by atoms with Crippen molar-refractivity contribution in [3.63, 3.8) is 0 Å². The number of nitrogens with zero attached hydrogens (tertiary/aromatic N) is 5. The topological polar surface area (TPSA) is 86.3 Å². The highest BCUT2D eigenvalue weighted by Crippen LogP contribution is 2.42. The van der Waals surface area contributed by atoms with Crippen molar-refractivity contribution in [2.45, 2.75) is 51.3 Å². The minimum absolute atomic E-state index is 0.0191. The van der Waals surface area contributed by atoms with Crippen molar-refractivity contribution in [2.75, 3.05) is 6.54 Å². The molecule has 3 heterocycles. The van der Waals surface area contributed by atoms with E-state index in [1.54, 1.807) is 30.0 Å². The number of amides is 1. The van der Waals surface area contributed by atoms with Gasteiger partial charge in [-0.15, -0.1) is 10.2 Å². The molecule has 8 nitrogen and oxygen atoms in total. The molecule has 0 unspecified atom stereocenters. The number of ether oxygens (including phenoxy) is 1. The number of aryl methyl sites for hydroxylation is 1. The molecule has 5 rings (SSSR count). The maximum absolute atomic E-state index is 14.5. The van der Waals surface area contributed by atoms with Crippen molar-refractivity contribution >= 4 is 5.91 Å². The molecule has 1 aliphatic heterocycles. The summed E-state index contributed by atoms with van der Waals surface area (Å²) in [6.07, 6.45) is 3.25. The zero-order chi connectivity index (χ0) is 22.3. The molecule has 10 heteroatoms. The Morgan fingerprint density at radius 2 is 2.06 bits per heavy atom. The van der Waals surface area contributed by atoms with Crippen LogP contribution in [-0.2, 0) is 13.2 Å². The molecule has 1 aromatic carbocycles. The summed E-state index contributed by atoms with van der Waals surface area (Å²) in [5.41, 5.74) is 0.418. The average molecular weight is 443 g/mol. The van der Waals surface area contributed by atoms with Gasteiger partial charge in [-0.1, -0.05) is 23.4 Å². The fourth-order valence-corrected chi connectivity index (χ4v) is 4.04. The number of likely N-dealkylation sites (tertiary alicyclic amines) is 1. The van der Waals surface area contributed by atoms with Crippen LogP contribution < -0.4 is 4.74 Å². The van der Waals surface area contributed by atoms with Gasteiger partial charge in [0.25, 0.3) is 11.8 Å². The summed E-state index contributed by atoms with van der Waals surface area (Å²) in [6.45, 7) is 1.66. The van der Waals surface area contributed by atoms with E-state index in [9.17, 15) is 13.6 Å². The Labute approximate surface area is 183 Å². The smallest absolute Gasteiger partial charge is 0.277 e. The highest BCUT2D eigenvalue weighted by molar-refractivity contribution is 5.94. The van der Waals surface area contributed by atoms with Gasteiger partial charge in [0, 0.05) is 13.0 Å². The van der Waals surface area contributed by atoms with E-state index in [1.165, 1.54) is 0 Å². The molecule has 2 aliphatic rings. The van der Waals surface area contributed by atoms with Crippen LogP contribution in [-0.4, -0.2) is 43.2 Å². The number of halogens is 2. The molecule has 32 heavy (non-hydrogen) atoms. The average Bonchev–Trinajstić information content (AvgIpc) is 3.19. The first-order valence-electron chi connectivity index (χ1n) is 10.6.